The summed E-state index contributed by atoms with van der Waals surface area (Å²) in [4.78, 5) is 38.9. The van der Waals surface area contributed by atoms with Crippen molar-refractivity contribution in [2.75, 3.05) is 25.5 Å². The lowest BCUT2D eigenvalue weighted by Gasteiger charge is -2.26. The van der Waals surface area contributed by atoms with Gasteiger partial charge in [0.1, 0.15) is 17.6 Å². The van der Waals surface area contributed by atoms with Crippen molar-refractivity contribution >= 4 is 46.2 Å². The number of fused-ring (bicyclic) bond motifs is 1. The van der Waals surface area contributed by atoms with Crippen LogP contribution in [0.5, 0.6) is 5.75 Å². The molecule has 206 valence electrons. The highest BCUT2D eigenvalue weighted by atomic mass is 79.9. The minimum Gasteiger partial charge on any atom is -0.493 e. The first-order chi connectivity index (χ1) is 17.4. The molecule has 1 aliphatic rings. The van der Waals surface area contributed by atoms with E-state index in [4.69, 9.17) is 10.1 Å². The molecule has 0 aromatic heterocycles. The molecule has 3 rings (SSSR count). The molecule has 2 aromatic carbocycles. The lowest BCUT2D eigenvalue weighted by atomic mass is 9.84. The van der Waals surface area contributed by atoms with Crippen LogP contribution in [0, 0.1) is 5.41 Å². The Morgan fingerprint density at radius 1 is 1.16 bits per heavy atom. The van der Waals surface area contributed by atoms with Crippen LogP contribution in [-0.2, 0) is 16.8 Å². The molecule has 0 fully saturated rings. The smallest absolute Gasteiger partial charge is 0.326 e. The number of ether oxygens (including phenoxy) is 1. The van der Waals surface area contributed by atoms with Crippen molar-refractivity contribution in [2.45, 2.75) is 59.0 Å². The summed E-state index contributed by atoms with van der Waals surface area (Å²) in [5.41, 5.74) is 3.46. The Bertz CT molecular complexity index is 1240. The zero-order chi connectivity index (χ0) is 27.5. The highest BCUT2D eigenvalue weighted by Gasteiger charge is 2.30. The molecule has 38 heavy (non-hydrogen) atoms. The molecule has 1 atom stereocenters. The molecule has 9 nitrogen and oxygen atoms in total. The number of hydrogen-bond donors (Lipinski definition) is 4. The van der Waals surface area contributed by atoms with E-state index >= 15 is 0 Å². The lowest BCUT2D eigenvalue weighted by Crippen LogP contribution is -2.31. The molecule has 4 N–H and O–H groups in total. The number of halogens is 1. The summed E-state index contributed by atoms with van der Waals surface area (Å²) in [6, 6.07) is 7.95. The van der Waals surface area contributed by atoms with Crippen molar-refractivity contribution in [1.29, 1.82) is 5.41 Å². The van der Waals surface area contributed by atoms with Gasteiger partial charge in [0, 0.05) is 30.4 Å². The van der Waals surface area contributed by atoms with E-state index in [0.29, 0.717) is 47.7 Å². The number of carboxylic acid groups (broad SMARTS) is 1. The van der Waals surface area contributed by atoms with Gasteiger partial charge < -0.3 is 25.4 Å². The maximum absolute atomic E-state index is 13.3. The number of Topliss-reactive ketones (excluding diaryl/α,β-unsaturated/α-hetero) is 1. The lowest BCUT2D eigenvalue weighted by molar-refractivity contribution is -0.137. The largest absolute Gasteiger partial charge is 0.493 e. The number of aliphatic carboxylic acids is 1. The summed E-state index contributed by atoms with van der Waals surface area (Å²) in [6.07, 6.45) is 0.421. The van der Waals surface area contributed by atoms with E-state index in [1.54, 1.807) is 36.1 Å². The fraction of sp³-hybridized carbons (Fsp3) is 0.429. The van der Waals surface area contributed by atoms with Gasteiger partial charge in [0.25, 0.3) is 5.91 Å². The number of amidine groups is 1. The predicted octanol–water partition coefficient (Wildman–Crippen LogP) is 4.62. The predicted molar refractivity (Wildman–Crippen MR) is 153 cm³/mol. The van der Waals surface area contributed by atoms with Gasteiger partial charge in [-0.25, -0.2) is 4.79 Å². The Kier molecular flexibility index (Phi) is 10.1. The van der Waals surface area contributed by atoms with Gasteiger partial charge in [0.2, 0.25) is 0 Å². The first kappa shape index (κ1) is 30.8. The maximum atomic E-state index is 13.3. The van der Waals surface area contributed by atoms with Gasteiger partial charge in [0.15, 0.2) is 5.78 Å². The Balaban J connectivity index is 0.00000507. The van der Waals surface area contributed by atoms with Crippen LogP contribution < -0.4 is 15.4 Å². The van der Waals surface area contributed by atoms with E-state index in [1.165, 1.54) is 7.05 Å². The van der Waals surface area contributed by atoms with E-state index in [-0.39, 0.29) is 46.5 Å². The number of nitrogens with zero attached hydrogens (tertiary/aromatic N) is 1. The fourth-order valence-corrected chi connectivity index (χ4v) is 4.41. The van der Waals surface area contributed by atoms with Gasteiger partial charge in [-0.15, -0.1) is 17.0 Å². The van der Waals surface area contributed by atoms with Gasteiger partial charge in [0.05, 0.1) is 18.7 Å². The number of ketones is 1. The summed E-state index contributed by atoms with van der Waals surface area (Å²) in [5.74, 6) is -0.757. The van der Waals surface area contributed by atoms with Crippen LogP contribution in [0.2, 0.25) is 0 Å². The second-order valence-electron chi connectivity index (χ2n) is 10.1. The minimum absolute atomic E-state index is 0. The average molecular weight is 590 g/mol. The average Bonchev–Trinajstić information content (AvgIpc) is 3.14. The van der Waals surface area contributed by atoms with E-state index in [1.807, 2.05) is 33.8 Å². The number of anilines is 1. The zero-order valence-corrected chi connectivity index (χ0v) is 24.4. The van der Waals surface area contributed by atoms with Gasteiger partial charge in [-0.1, -0.05) is 27.7 Å². The molecule has 1 heterocycles. The van der Waals surface area contributed by atoms with E-state index in [9.17, 15) is 19.5 Å². The second-order valence-corrected chi connectivity index (χ2v) is 10.1. The van der Waals surface area contributed by atoms with Crippen LogP contribution in [0.4, 0.5) is 5.69 Å². The Hall–Kier alpha value is -3.40. The van der Waals surface area contributed by atoms with Crippen LogP contribution in [0.1, 0.15) is 78.4 Å². The molecule has 0 saturated heterocycles. The number of nitrogens with one attached hydrogen (secondary N) is 3. The summed E-state index contributed by atoms with van der Waals surface area (Å²) >= 11 is 0. The van der Waals surface area contributed by atoms with E-state index in [0.717, 1.165) is 11.1 Å². The zero-order valence-electron chi connectivity index (χ0n) is 22.7. The Morgan fingerprint density at radius 3 is 2.39 bits per heavy atom. The highest BCUT2D eigenvalue weighted by Crippen LogP contribution is 2.33. The standard InChI is InChI=1S/C28H36N4O5.BrH/c1-7-21(27(35)36)31-22-10-9-16(11-20(22)28(3,4)5)23(33)15-32-14-17-12-24(37-8-2)19(26(34)30-6)13-18(17)25(32)29;/h9-13,21,29,31H,7-8,14-15H2,1-6H3,(H,30,34)(H,35,36);1H. The van der Waals surface area contributed by atoms with E-state index in [2.05, 4.69) is 10.6 Å². The third kappa shape index (κ3) is 6.53. The van der Waals surface area contributed by atoms with Crippen molar-refractivity contribution in [2.24, 2.45) is 0 Å². The van der Waals surface area contributed by atoms with Crippen molar-refractivity contribution in [3.63, 3.8) is 0 Å². The number of rotatable bonds is 10. The van der Waals surface area contributed by atoms with Crippen LogP contribution in [0.25, 0.3) is 0 Å². The minimum atomic E-state index is -0.929. The highest BCUT2D eigenvalue weighted by molar-refractivity contribution is 8.93. The summed E-state index contributed by atoms with van der Waals surface area (Å²) in [5, 5.41) is 23.8. The second kappa shape index (κ2) is 12.4. The maximum Gasteiger partial charge on any atom is 0.326 e. The quantitative estimate of drug-likeness (QED) is 0.298. The van der Waals surface area contributed by atoms with Crippen molar-refractivity contribution < 1.29 is 24.2 Å². The Labute approximate surface area is 234 Å². The molecule has 10 heteroatoms. The molecule has 0 spiro atoms. The van der Waals surface area contributed by atoms with Crippen LogP contribution in [-0.4, -0.2) is 59.7 Å². The molecular weight excluding hydrogens is 552 g/mol. The number of carboxylic acids is 1. The van der Waals surface area contributed by atoms with Crippen LogP contribution in [0.15, 0.2) is 30.3 Å². The SMILES string of the molecule is Br.CCOc1cc2c(cc1C(=O)NC)C(=N)N(CC(=O)c1ccc(NC(CC)C(=O)O)c(C(C)(C)C)c1)C2. The van der Waals surface area contributed by atoms with Crippen molar-refractivity contribution in [1.82, 2.24) is 10.2 Å². The van der Waals surface area contributed by atoms with Gasteiger partial charge >= 0.3 is 5.97 Å². The fourth-order valence-electron chi connectivity index (χ4n) is 4.41. The monoisotopic (exact) mass is 588 g/mol. The number of hydrogen-bond acceptors (Lipinski definition) is 6. The number of amides is 1. The first-order valence-corrected chi connectivity index (χ1v) is 12.4. The van der Waals surface area contributed by atoms with Gasteiger partial charge in [-0.3, -0.25) is 15.0 Å². The molecule has 0 radical (unpaired) electrons. The van der Waals surface area contributed by atoms with E-state index < -0.39 is 12.0 Å². The topological polar surface area (TPSA) is 132 Å². The third-order valence-corrected chi connectivity index (χ3v) is 6.43. The van der Waals surface area contributed by atoms with Crippen LogP contribution >= 0.6 is 17.0 Å². The molecular formula is C28H37BrN4O5. The van der Waals surface area contributed by atoms with Crippen molar-refractivity contribution in [3.05, 3.63) is 58.1 Å². The Morgan fingerprint density at radius 2 is 1.84 bits per heavy atom. The molecule has 0 bridgehead atoms. The summed E-state index contributed by atoms with van der Waals surface area (Å²) < 4.78 is 5.65. The molecule has 1 unspecified atom stereocenters. The van der Waals surface area contributed by atoms with Gasteiger partial charge in [-0.2, -0.15) is 0 Å². The summed E-state index contributed by atoms with van der Waals surface area (Å²) in [6.45, 7) is 10.4. The molecule has 0 saturated carbocycles. The molecule has 1 amide bonds. The van der Waals surface area contributed by atoms with Gasteiger partial charge in [-0.05, 0) is 60.2 Å². The first-order valence-electron chi connectivity index (χ1n) is 12.4. The van der Waals surface area contributed by atoms with Crippen molar-refractivity contribution in [3.8, 4) is 5.75 Å². The third-order valence-electron chi connectivity index (χ3n) is 6.43. The molecule has 2 aromatic rings. The normalized spacial score (nSPS) is 13.3. The van der Waals surface area contributed by atoms with Crippen LogP contribution in [0.3, 0.4) is 0 Å². The molecule has 1 aliphatic heterocycles. The number of carbonyl (C=O) groups is 3. The molecule has 0 aliphatic carbocycles. The number of benzene rings is 2. The summed E-state index contributed by atoms with van der Waals surface area (Å²) in [7, 11) is 1.54. The number of carbonyl (C=O) groups excluding carboxylic acids is 2.